The highest BCUT2D eigenvalue weighted by atomic mass is 35.5. The Balaban J connectivity index is 1.68. The topological polar surface area (TPSA) is 42.4 Å². The molecule has 0 saturated heterocycles. The molecule has 26 heavy (non-hydrogen) atoms. The number of benzene rings is 2. The summed E-state index contributed by atoms with van der Waals surface area (Å²) in [5.74, 6) is 0.471. The Bertz CT molecular complexity index is 928. The van der Waals surface area contributed by atoms with Gasteiger partial charge >= 0.3 is 6.18 Å². The summed E-state index contributed by atoms with van der Waals surface area (Å²) in [4.78, 5) is 4.50. The number of nitrogens with zero attached hydrogens (tertiary/aromatic N) is 1. The van der Waals surface area contributed by atoms with Crippen LogP contribution in [0, 0.1) is 0 Å². The number of aromatic hydroxyl groups is 1. The summed E-state index contributed by atoms with van der Waals surface area (Å²) in [5, 5.41) is 12.2. The number of pyridine rings is 1. The number of halogens is 4. The van der Waals surface area contributed by atoms with E-state index in [-0.39, 0.29) is 18.8 Å². The summed E-state index contributed by atoms with van der Waals surface area (Å²) in [6, 6.07) is 10.3. The van der Waals surface area contributed by atoms with Crippen LogP contribution >= 0.6 is 11.6 Å². The number of phenols is 1. The van der Waals surface area contributed by atoms with Gasteiger partial charge in [-0.1, -0.05) is 17.7 Å². The van der Waals surface area contributed by atoms with Crippen LogP contribution in [0.15, 0.2) is 36.4 Å². The van der Waals surface area contributed by atoms with Crippen molar-refractivity contribution in [1.82, 2.24) is 4.98 Å². The smallest absolute Gasteiger partial charge is 0.389 e. The minimum atomic E-state index is -4.11. The van der Waals surface area contributed by atoms with Gasteiger partial charge in [0, 0.05) is 34.3 Å². The lowest BCUT2D eigenvalue weighted by molar-refractivity contribution is -0.135. The molecule has 0 fully saturated rings. The first kappa shape index (κ1) is 18.6. The zero-order valence-corrected chi connectivity index (χ0v) is 14.6. The van der Waals surface area contributed by atoms with Crippen LogP contribution in [0.2, 0.25) is 5.02 Å². The van der Waals surface area contributed by atoms with E-state index in [1.54, 1.807) is 18.2 Å². The third kappa shape index (κ3) is 4.69. The molecule has 0 amide bonds. The van der Waals surface area contributed by atoms with Crippen molar-refractivity contribution in [3.63, 3.8) is 0 Å². The van der Waals surface area contributed by atoms with E-state index in [1.165, 1.54) is 6.07 Å². The Hall–Kier alpha value is -2.21. The molecule has 1 aromatic heterocycles. The number of unbranched alkanes of at least 4 members (excludes halogenated alkanes) is 2. The Labute approximate surface area is 153 Å². The normalized spacial score (nSPS) is 12.0. The second kappa shape index (κ2) is 7.58. The van der Waals surface area contributed by atoms with E-state index < -0.39 is 12.6 Å². The predicted molar refractivity (Wildman–Crippen MR) is 95.9 cm³/mol. The van der Waals surface area contributed by atoms with Crippen molar-refractivity contribution in [2.45, 2.75) is 31.9 Å². The number of hydrogen-bond donors (Lipinski definition) is 1. The van der Waals surface area contributed by atoms with Crippen LogP contribution in [0.25, 0.3) is 21.8 Å². The molecule has 2 aromatic carbocycles. The number of phenolic OH excluding ortho intramolecular Hbond substituents is 1. The summed E-state index contributed by atoms with van der Waals surface area (Å²) in [6.07, 6.45) is -3.86. The summed E-state index contributed by atoms with van der Waals surface area (Å²) in [7, 11) is 0. The van der Waals surface area contributed by atoms with Crippen molar-refractivity contribution in [1.29, 1.82) is 0 Å². The number of aromatic nitrogens is 1. The lowest BCUT2D eigenvalue weighted by Gasteiger charge is -2.10. The van der Waals surface area contributed by atoms with E-state index >= 15 is 0 Å². The van der Waals surface area contributed by atoms with Crippen molar-refractivity contribution in [3.05, 3.63) is 41.4 Å². The third-order valence-corrected chi connectivity index (χ3v) is 4.25. The Morgan fingerprint density at radius 1 is 1.00 bits per heavy atom. The van der Waals surface area contributed by atoms with Crippen LogP contribution in [-0.2, 0) is 0 Å². The average Bonchev–Trinajstić information content (AvgIpc) is 2.55. The molecule has 0 radical (unpaired) electrons. The summed E-state index contributed by atoms with van der Waals surface area (Å²) in [5.41, 5.74) is 1.26. The molecule has 0 atom stereocenters. The number of rotatable bonds is 6. The first-order valence-corrected chi connectivity index (χ1v) is 8.62. The molecule has 0 bridgehead atoms. The second-order valence-corrected chi connectivity index (χ2v) is 6.55. The van der Waals surface area contributed by atoms with Gasteiger partial charge in [-0.15, -0.1) is 0 Å². The van der Waals surface area contributed by atoms with Gasteiger partial charge in [-0.3, -0.25) is 0 Å². The van der Waals surface area contributed by atoms with Gasteiger partial charge in [-0.2, -0.15) is 13.2 Å². The van der Waals surface area contributed by atoms with Crippen LogP contribution in [0.3, 0.4) is 0 Å². The zero-order chi connectivity index (χ0) is 18.7. The summed E-state index contributed by atoms with van der Waals surface area (Å²) < 4.78 is 41.8. The molecule has 1 N–H and O–H groups in total. The van der Waals surface area contributed by atoms with Crippen molar-refractivity contribution < 1.29 is 23.0 Å². The Morgan fingerprint density at radius 2 is 1.81 bits per heavy atom. The fourth-order valence-electron chi connectivity index (χ4n) is 2.74. The van der Waals surface area contributed by atoms with Crippen molar-refractivity contribution in [3.8, 4) is 11.5 Å². The third-order valence-electron chi connectivity index (χ3n) is 4.02. The standard InChI is InChI=1S/C19H17ClF3NO2/c20-13-5-4-12-8-15-17(24-16(12)9-13)10-14(11-18(15)25)26-7-3-1-2-6-19(21,22)23/h4-5,8-11,25H,1-3,6-7H2. The molecule has 3 nitrogen and oxygen atoms in total. The Morgan fingerprint density at radius 3 is 2.58 bits per heavy atom. The molecular weight excluding hydrogens is 367 g/mol. The van der Waals surface area contributed by atoms with Gasteiger partial charge in [0.2, 0.25) is 0 Å². The van der Waals surface area contributed by atoms with Gasteiger partial charge in [-0.25, -0.2) is 4.98 Å². The average molecular weight is 384 g/mol. The second-order valence-electron chi connectivity index (χ2n) is 6.11. The molecule has 3 aromatic rings. The maximum absolute atomic E-state index is 12.1. The van der Waals surface area contributed by atoms with Gasteiger partial charge in [-0.05, 0) is 37.5 Å². The minimum absolute atomic E-state index is 0.0407. The van der Waals surface area contributed by atoms with E-state index in [0.29, 0.717) is 40.0 Å². The SMILES string of the molecule is Oc1cc(OCCCCCC(F)(F)F)cc2nc3cc(Cl)ccc3cc12. The van der Waals surface area contributed by atoms with Crippen molar-refractivity contribution >= 4 is 33.4 Å². The molecular formula is C19H17ClF3NO2. The highest BCUT2D eigenvalue weighted by Gasteiger charge is 2.25. The molecule has 138 valence electrons. The number of fused-ring (bicyclic) bond motifs is 2. The maximum atomic E-state index is 12.1. The summed E-state index contributed by atoms with van der Waals surface area (Å²) in [6.45, 7) is 0.280. The van der Waals surface area contributed by atoms with Crippen molar-refractivity contribution in [2.75, 3.05) is 6.61 Å². The number of ether oxygens (including phenoxy) is 1. The van der Waals surface area contributed by atoms with Crippen LogP contribution in [0.1, 0.15) is 25.7 Å². The number of alkyl halides is 3. The van der Waals surface area contributed by atoms with Gasteiger partial charge < -0.3 is 9.84 Å². The first-order valence-electron chi connectivity index (χ1n) is 8.24. The number of hydrogen-bond acceptors (Lipinski definition) is 3. The zero-order valence-electron chi connectivity index (χ0n) is 13.8. The quantitative estimate of drug-likeness (QED) is 0.404. The van der Waals surface area contributed by atoms with E-state index in [4.69, 9.17) is 16.3 Å². The molecule has 1 heterocycles. The minimum Gasteiger partial charge on any atom is -0.507 e. The van der Waals surface area contributed by atoms with Gasteiger partial charge in [0.15, 0.2) is 0 Å². The van der Waals surface area contributed by atoms with Crippen LogP contribution in [-0.4, -0.2) is 22.9 Å². The molecule has 0 spiro atoms. The molecule has 0 saturated carbocycles. The predicted octanol–water partition coefficient (Wildman–Crippen LogP) is 6.25. The fraction of sp³-hybridized carbons (Fsp3) is 0.316. The highest BCUT2D eigenvalue weighted by molar-refractivity contribution is 6.31. The Kier molecular flexibility index (Phi) is 5.41. The largest absolute Gasteiger partial charge is 0.507 e. The van der Waals surface area contributed by atoms with E-state index in [1.807, 2.05) is 12.1 Å². The molecule has 0 aliphatic heterocycles. The van der Waals surface area contributed by atoms with E-state index in [2.05, 4.69) is 4.98 Å². The molecule has 0 unspecified atom stereocenters. The van der Waals surface area contributed by atoms with Crippen LogP contribution < -0.4 is 4.74 Å². The van der Waals surface area contributed by atoms with E-state index in [9.17, 15) is 18.3 Å². The van der Waals surface area contributed by atoms with Gasteiger partial charge in [0.1, 0.15) is 11.5 Å². The molecule has 0 aliphatic rings. The monoisotopic (exact) mass is 383 g/mol. The summed E-state index contributed by atoms with van der Waals surface area (Å²) >= 11 is 5.99. The van der Waals surface area contributed by atoms with E-state index in [0.717, 1.165) is 5.39 Å². The van der Waals surface area contributed by atoms with Crippen LogP contribution in [0.5, 0.6) is 11.5 Å². The van der Waals surface area contributed by atoms with Gasteiger partial charge in [0.05, 0.1) is 17.6 Å². The van der Waals surface area contributed by atoms with Crippen LogP contribution in [0.4, 0.5) is 13.2 Å². The lowest BCUT2D eigenvalue weighted by Crippen LogP contribution is -2.06. The first-order chi connectivity index (χ1) is 12.3. The maximum Gasteiger partial charge on any atom is 0.389 e. The lowest BCUT2D eigenvalue weighted by atomic mass is 10.1. The van der Waals surface area contributed by atoms with Gasteiger partial charge in [0.25, 0.3) is 0 Å². The molecule has 3 rings (SSSR count). The van der Waals surface area contributed by atoms with Crippen molar-refractivity contribution in [2.24, 2.45) is 0 Å². The highest BCUT2D eigenvalue weighted by Crippen LogP contribution is 2.32. The fourth-order valence-corrected chi connectivity index (χ4v) is 2.90. The molecule has 0 aliphatic carbocycles. The molecule has 7 heteroatoms.